The van der Waals surface area contributed by atoms with Crippen molar-refractivity contribution in [2.75, 3.05) is 12.3 Å². The quantitative estimate of drug-likeness (QED) is 0.610. The molecule has 1 rings (SSSR count). The average Bonchev–Trinajstić information content (AvgIpc) is 2.46. The molecule has 8 heteroatoms. The SMILES string of the molecule is CCNC(=O)NC(=O)C(C)OC(=O)CSc1ccccc1Cl. The smallest absolute Gasteiger partial charge is 0.321 e. The first kappa shape index (κ1) is 18.3. The molecule has 0 aliphatic heterocycles. The molecule has 0 aromatic heterocycles. The van der Waals surface area contributed by atoms with E-state index in [4.69, 9.17) is 16.3 Å². The van der Waals surface area contributed by atoms with Crippen molar-refractivity contribution < 1.29 is 19.1 Å². The highest BCUT2D eigenvalue weighted by Gasteiger charge is 2.19. The lowest BCUT2D eigenvalue weighted by molar-refractivity contribution is -0.151. The first-order valence-corrected chi connectivity index (χ1v) is 7.96. The van der Waals surface area contributed by atoms with Crippen LogP contribution in [0.25, 0.3) is 0 Å². The summed E-state index contributed by atoms with van der Waals surface area (Å²) in [6.45, 7) is 3.51. The number of halogens is 1. The molecule has 0 saturated heterocycles. The number of thioether (sulfide) groups is 1. The average molecular weight is 345 g/mol. The second kappa shape index (κ2) is 9.32. The predicted molar refractivity (Wildman–Crippen MR) is 84.9 cm³/mol. The number of ether oxygens (including phenoxy) is 1. The van der Waals surface area contributed by atoms with Crippen molar-refractivity contribution in [1.82, 2.24) is 10.6 Å². The third kappa shape index (κ3) is 6.36. The fourth-order valence-electron chi connectivity index (χ4n) is 1.40. The van der Waals surface area contributed by atoms with E-state index in [1.165, 1.54) is 18.7 Å². The second-order valence-corrected chi connectivity index (χ2v) is 5.62. The molecule has 0 aliphatic rings. The van der Waals surface area contributed by atoms with E-state index in [-0.39, 0.29) is 5.75 Å². The molecule has 0 saturated carbocycles. The van der Waals surface area contributed by atoms with E-state index in [1.54, 1.807) is 25.1 Å². The van der Waals surface area contributed by atoms with Gasteiger partial charge in [-0.05, 0) is 26.0 Å². The van der Waals surface area contributed by atoms with E-state index in [1.807, 2.05) is 6.07 Å². The van der Waals surface area contributed by atoms with Crippen LogP contribution in [-0.2, 0) is 14.3 Å². The molecule has 2 N–H and O–H groups in total. The number of rotatable bonds is 6. The summed E-state index contributed by atoms with van der Waals surface area (Å²) in [5.41, 5.74) is 0. The molecule has 0 aliphatic carbocycles. The van der Waals surface area contributed by atoms with Gasteiger partial charge in [0.15, 0.2) is 6.10 Å². The maximum absolute atomic E-state index is 11.7. The van der Waals surface area contributed by atoms with Crippen LogP contribution in [0.3, 0.4) is 0 Å². The number of carbonyl (C=O) groups excluding carboxylic acids is 3. The van der Waals surface area contributed by atoms with Crippen molar-refractivity contribution in [3.05, 3.63) is 29.3 Å². The maximum Gasteiger partial charge on any atom is 0.321 e. The lowest BCUT2D eigenvalue weighted by atomic mass is 10.4. The van der Waals surface area contributed by atoms with Gasteiger partial charge in [0, 0.05) is 11.4 Å². The van der Waals surface area contributed by atoms with E-state index >= 15 is 0 Å². The molecular formula is C14H17ClN2O4S. The summed E-state index contributed by atoms with van der Waals surface area (Å²) >= 11 is 7.18. The van der Waals surface area contributed by atoms with Gasteiger partial charge in [-0.3, -0.25) is 14.9 Å². The molecule has 1 unspecified atom stereocenters. The number of imide groups is 1. The van der Waals surface area contributed by atoms with E-state index in [2.05, 4.69) is 10.6 Å². The predicted octanol–water partition coefficient (Wildman–Crippen LogP) is 2.21. The minimum absolute atomic E-state index is 0.0164. The zero-order valence-corrected chi connectivity index (χ0v) is 13.8. The van der Waals surface area contributed by atoms with Gasteiger partial charge in [-0.15, -0.1) is 11.8 Å². The van der Waals surface area contributed by atoms with Gasteiger partial charge in [0.25, 0.3) is 5.91 Å². The van der Waals surface area contributed by atoms with Crippen molar-refractivity contribution in [3.63, 3.8) is 0 Å². The van der Waals surface area contributed by atoms with E-state index in [0.29, 0.717) is 11.6 Å². The van der Waals surface area contributed by atoms with Crippen LogP contribution in [0.15, 0.2) is 29.2 Å². The van der Waals surface area contributed by atoms with Crippen molar-refractivity contribution in [1.29, 1.82) is 0 Å². The van der Waals surface area contributed by atoms with Gasteiger partial charge < -0.3 is 10.1 Å². The van der Waals surface area contributed by atoms with Gasteiger partial charge in [0.05, 0.1) is 10.8 Å². The fourth-order valence-corrected chi connectivity index (χ4v) is 2.42. The number of carbonyl (C=O) groups is 3. The Morgan fingerprint density at radius 3 is 2.64 bits per heavy atom. The third-order valence-corrected chi connectivity index (χ3v) is 3.92. The van der Waals surface area contributed by atoms with Gasteiger partial charge in [0.1, 0.15) is 0 Å². The molecule has 1 atom stereocenters. The molecule has 6 nitrogen and oxygen atoms in total. The van der Waals surface area contributed by atoms with Crippen molar-refractivity contribution in [2.24, 2.45) is 0 Å². The number of hydrogen-bond donors (Lipinski definition) is 2. The van der Waals surface area contributed by atoms with Gasteiger partial charge in [-0.2, -0.15) is 0 Å². The first-order chi connectivity index (χ1) is 10.4. The summed E-state index contributed by atoms with van der Waals surface area (Å²) in [6.07, 6.45) is -1.05. The third-order valence-electron chi connectivity index (χ3n) is 2.43. The van der Waals surface area contributed by atoms with Crippen LogP contribution in [0.5, 0.6) is 0 Å². The first-order valence-electron chi connectivity index (χ1n) is 6.59. The van der Waals surface area contributed by atoms with Crippen LogP contribution in [0, 0.1) is 0 Å². The van der Waals surface area contributed by atoms with Crippen LogP contribution < -0.4 is 10.6 Å². The fraction of sp³-hybridized carbons (Fsp3) is 0.357. The standard InChI is InChI=1S/C14H17ClN2O4S/c1-3-16-14(20)17-13(19)9(2)21-12(18)8-22-11-7-5-4-6-10(11)15/h4-7,9H,3,8H2,1-2H3,(H2,16,17,19,20). The molecule has 0 bridgehead atoms. The Bertz CT molecular complexity index is 553. The van der Waals surface area contributed by atoms with Gasteiger partial charge in [0.2, 0.25) is 0 Å². The summed E-state index contributed by atoms with van der Waals surface area (Å²) in [7, 11) is 0. The molecule has 120 valence electrons. The summed E-state index contributed by atoms with van der Waals surface area (Å²) in [4.78, 5) is 35.2. The zero-order chi connectivity index (χ0) is 16.5. The number of esters is 1. The largest absolute Gasteiger partial charge is 0.452 e. The second-order valence-electron chi connectivity index (χ2n) is 4.20. The number of benzene rings is 1. The van der Waals surface area contributed by atoms with Gasteiger partial charge in [-0.1, -0.05) is 23.7 Å². The molecule has 0 radical (unpaired) electrons. The van der Waals surface area contributed by atoms with Crippen molar-refractivity contribution in [3.8, 4) is 0 Å². The molecular weight excluding hydrogens is 328 g/mol. The summed E-state index contributed by atoms with van der Waals surface area (Å²) in [5, 5.41) is 5.03. The van der Waals surface area contributed by atoms with E-state index < -0.39 is 24.0 Å². The van der Waals surface area contributed by atoms with Gasteiger partial charge in [-0.25, -0.2) is 4.79 Å². The maximum atomic E-state index is 11.7. The minimum atomic E-state index is -1.05. The lowest BCUT2D eigenvalue weighted by Gasteiger charge is -2.13. The lowest BCUT2D eigenvalue weighted by Crippen LogP contribution is -2.44. The number of hydrogen-bond acceptors (Lipinski definition) is 5. The number of nitrogens with one attached hydrogen (secondary N) is 2. The summed E-state index contributed by atoms with van der Waals surface area (Å²) in [6, 6.07) is 6.48. The van der Waals surface area contributed by atoms with Crippen molar-refractivity contribution in [2.45, 2.75) is 24.8 Å². The van der Waals surface area contributed by atoms with Crippen LogP contribution in [-0.4, -0.2) is 36.3 Å². The van der Waals surface area contributed by atoms with Crippen LogP contribution in [0.2, 0.25) is 5.02 Å². The monoisotopic (exact) mass is 344 g/mol. The van der Waals surface area contributed by atoms with Gasteiger partial charge >= 0.3 is 12.0 Å². The Hall–Kier alpha value is -1.73. The molecule has 3 amide bonds. The minimum Gasteiger partial charge on any atom is -0.452 e. The molecule has 1 aromatic rings. The highest BCUT2D eigenvalue weighted by molar-refractivity contribution is 8.00. The zero-order valence-electron chi connectivity index (χ0n) is 12.2. The topological polar surface area (TPSA) is 84.5 Å². The van der Waals surface area contributed by atoms with Crippen LogP contribution in [0.4, 0.5) is 4.79 Å². The Balaban J connectivity index is 2.39. The van der Waals surface area contributed by atoms with E-state index in [9.17, 15) is 14.4 Å². The van der Waals surface area contributed by atoms with E-state index in [0.717, 1.165) is 4.90 Å². The van der Waals surface area contributed by atoms with Crippen LogP contribution >= 0.6 is 23.4 Å². The molecule has 0 spiro atoms. The normalized spacial score (nSPS) is 11.4. The molecule has 22 heavy (non-hydrogen) atoms. The highest BCUT2D eigenvalue weighted by atomic mass is 35.5. The Morgan fingerprint density at radius 2 is 2.00 bits per heavy atom. The Labute approximate surface area is 137 Å². The highest BCUT2D eigenvalue weighted by Crippen LogP contribution is 2.26. The molecule has 0 heterocycles. The Morgan fingerprint density at radius 1 is 1.32 bits per heavy atom. The number of amides is 3. The molecule has 0 fully saturated rings. The summed E-state index contributed by atoms with van der Waals surface area (Å²) < 4.78 is 4.96. The van der Waals surface area contributed by atoms with Crippen molar-refractivity contribution >= 4 is 41.3 Å². The van der Waals surface area contributed by atoms with Crippen LogP contribution in [0.1, 0.15) is 13.8 Å². The Kier molecular flexibility index (Phi) is 7.76. The molecule has 1 aromatic carbocycles. The summed E-state index contributed by atoms with van der Waals surface area (Å²) in [5.74, 6) is -1.23. The number of urea groups is 1.